The maximum atomic E-state index is 14.2. The zero-order valence-corrected chi connectivity index (χ0v) is 40.6. The largest absolute Gasteiger partial charge is 0.497 e. The number of likely N-dealkylation sites (N-methyl/N-ethyl adjacent to an activating group) is 2. The molecule has 6 aromatic carbocycles. The Morgan fingerprint density at radius 2 is 0.794 bits per heavy atom. The van der Waals surface area contributed by atoms with Crippen LogP contribution in [-0.4, -0.2) is 113 Å². The van der Waals surface area contributed by atoms with Gasteiger partial charge in [-0.2, -0.15) is 0 Å². The van der Waals surface area contributed by atoms with E-state index in [2.05, 4.69) is 58.8 Å². The normalized spacial score (nSPS) is 17.2. The number of piperazine rings is 2. The van der Waals surface area contributed by atoms with Gasteiger partial charge in [0.05, 0.1) is 40.5 Å². The summed E-state index contributed by atoms with van der Waals surface area (Å²) >= 11 is 0. The fourth-order valence-electron chi connectivity index (χ4n) is 8.83. The average molecular weight is 919 g/mol. The Hall–Kier alpha value is -7.02. The lowest BCUT2D eigenvalue weighted by Crippen LogP contribution is -2.51. The second kappa shape index (κ2) is 23.1. The van der Waals surface area contributed by atoms with Crippen molar-refractivity contribution in [1.29, 1.82) is 0 Å². The van der Waals surface area contributed by atoms with E-state index >= 15 is 0 Å². The second-order valence-corrected chi connectivity index (χ2v) is 17.6. The molecular formula is C56H66N6O6. The number of hydrogen-bond donors (Lipinski definition) is 2. The first-order valence-corrected chi connectivity index (χ1v) is 23.2. The zero-order valence-electron chi connectivity index (χ0n) is 40.6. The first-order chi connectivity index (χ1) is 33.0. The summed E-state index contributed by atoms with van der Waals surface area (Å²) in [5.74, 6) is 2.76. The highest BCUT2D eigenvalue weighted by atomic mass is 16.5. The number of amides is 2. The van der Waals surface area contributed by atoms with Crippen molar-refractivity contribution < 1.29 is 28.5 Å². The molecule has 8 rings (SSSR count). The van der Waals surface area contributed by atoms with Crippen molar-refractivity contribution >= 4 is 23.2 Å². The van der Waals surface area contributed by atoms with E-state index in [1.165, 1.54) is 0 Å². The topological polar surface area (TPSA) is 108 Å². The molecule has 356 valence electrons. The molecule has 4 atom stereocenters. The number of carbonyl (C=O) groups excluding carboxylic acids is 2. The molecule has 4 unspecified atom stereocenters. The minimum Gasteiger partial charge on any atom is -0.497 e. The van der Waals surface area contributed by atoms with Crippen molar-refractivity contribution in [3.63, 3.8) is 0 Å². The predicted octanol–water partition coefficient (Wildman–Crippen LogP) is 9.36. The van der Waals surface area contributed by atoms with Crippen LogP contribution in [0.5, 0.6) is 23.0 Å². The van der Waals surface area contributed by atoms with Gasteiger partial charge in [-0.05, 0) is 50.2 Å². The van der Waals surface area contributed by atoms with Crippen LogP contribution in [0, 0.1) is 13.8 Å². The van der Waals surface area contributed by atoms with E-state index in [-0.39, 0.29) is 23.9 Å². The van der Waals surface area contributed by atoms with Gasteiger partial charge in [-0.25, -0.2) is 0 Å². The fraction of sp³-hybridized carbons (Fsp3) is 0.321. The predicted molar refractivity (Wildman–Crippen MR) is 271 cm³/mol. The summed E-state index contributed by atoms with van der Waals surface area (Å²) in [6.45, 7) is 8.69. The molecule has 2 saturated heterocycles. The van der Waals surface area contributed by atoms with Crippen LogP contribution >= 0.6 is 0 Å². The van der Waals surface area contributed by atoms with Gasteiger partial charge in [0.1, 0.15) is 35.1 Å². The number of hydrogen-bond acceptors (Lipinski definition) is 10. The number of aryl methyl sites for hydroxylation is 2. The standard InChI is InChI=1S/2C28H33N3O3/c2*1-20-10-12-22(13-11-20)27(29-23-16-24(33-3)18-25(17-23)34-4)28(32)31-15-14-30(2)19-26(31)21-8-6-5-7-9-21/h2*5-13,16-18,26-27,29H,14-15,19H2,1-4H3. The molecule has 6 aromatic rings. The van der Waals surface area contributed by atoms with E-state index in [0.717, 1.165) is 70.9 Å². The van der Waals surface area contributed by atoms with Gasteiger partial charge in [0, 0.05) is 87.0 Å². The maximum absolute atomic E-state index is 14.2. The summed E-state index contributed by atoms with van der Waals surface area (Å²) in [4.78, 5) is 36.9. The van der Waals surface area contributed by atoms with E-state index in [1.807, 2.05) is 145 Å². The van der Waals surface area contributed by atoms with Gasteiger partial charge in [-0.15, -0.1) is 0 Å². The summed E-state index contributed by atoms with van der Waals surface area (Å²) < 4.78 is 21.8. The van der Waals surface area contributed by atoms with Crippen molar-refractivity contribution in [3.05, 3.63) is 179 Å². The lowest BCUT2D eigenvalue weighted by Gasteiger charge is -2.42. The Balaban J connectivity index is 0.000000201. The van der Waals surface area contributed by atoms with Crippen molar-refractivity contribution in [1.82, 2.24) is 19.6 Å². The van der Waals surface area contributed by atoms with Crippen molar-refractivity contribution in [2.75, 3.05) is 92.4 Å². The van der Waals surface area contributed by atoms with E-state index in [0.29, 0.717) is 36.1 Å². The third kappa shape index (κ3) is 12.3. The number of anilines is 2. The average Bonchev–Trinajstić information content (AvgIpc) is 3.37. The summed E-state index contributed by atoms with van der Waals surface area (Å²) in [5, 5.41) is 6.96. The fourth-order valence-corrected chi connectivity index (χ4v) is 8.83. The number of nitrogens with one attached hydrogen (secondary N) is 2. The van der Waals surface area contributed by atoms with Crippen LogP contribution in [0.3, 0.4) is 0 Å². The molecule has 0 radical (unpaired) electrons. The van der Waals surface area contributed by atoms with Gasteiger partial charge in [0.25, 0.3) is 0 Å². The van der Waals surface area contributed by atoms with E-state index in [1.54, 1.807) is 28.4 Å². The molecule has 0 bridgehead atoms. The Morgan fingerprint density at radius 1 is 0.471 bits per heavy atom. The molecule has 2 fully saturated rings. The van der Waals surface area contributed by atoms with Crippen LogP contribution in [0.25, 0.3) is 0 Å². The van der Waals surface area contributed by atoms with Crippen LogP contribution in [0.1, 0.15) is 57.5 Å². The highest BCUT2D eigenvalue weighted by Gasteiger charge is 2.36. The van der Waals surface area contributed by atoms with Crippen molar-refractivity contribution in [2.24, 2.45) is 0 Å². The molecule has 0 spiro atoms. The van der Waals surface area contributed by atoms with Crippen LogP contribution in [0.15, 0.2) is 146 Å². The first kappa shape index (κ1) is 48.9. The molecule has 68 heavy (non-hydrogen) atoms. The molecule has 2 N–H and O–H groups in total. The van der Waals surface area contributed by atoms with Gasteiger partial charge in [0.15, 0.2) is 0 Å². The quantitative estimate of drug-likeness (QED) is 0.110. The number of ether oxygens (including phenoxy) is 4. The lowest BCUT2D eigenvalue weighted by molar-refractivity contribution is -0.138. The van der Waals surface area contributed by atoms with Crippen LogP contribution in [0.2, 0.25) is 0 Å². The minimum absolute atomic E-state index is 0.0120. The number of methoxy groups -OCH3 is 4. The summed E-state index contributed by atoms with van der Waals surface area (Å²) in [6, 6.07) is 46.9. The van der Waals surface area contributed by atoms with E-state index < -0.39 is 12.1 Å². The summed E-state index contributed by atoms with van der Waals surface area (Å²) in [5.41, 5.74) is 7.97. The third-order valence-electron chi connectivity index (χ3n) is 12.7. The van der Waals surface area contributed by atoms with Gasteiger partial charge in [0.2, 0.25) is 11.8 Å². The number of nitrogens with zero attached hydrogens (tertiary/aromatic N) is 4. The Kier molecular flexibility index (Phi) is 16.6. The van der Waals surface area contributed by atoms with Crippen LogP contribution in [0.4, 0.5) is 11.4 Å². The number of rotatable bonds is 14. The highest BCUT2D eigenvalue weighted by Crippen LogP contribution is 2.35. The monoisotopic (exact) mass is 919 g/mol. The van der Waals surface area contributed by atoms with E-state index in [9.17, 15) is 9.59 Å². The van der Waals surface area contributed by atoms with Gasteiger partial charge in [-0.3, -0.25) is 9.59 Å². The number of benzene rings is 6. The molecule has 12 nitrogen and oxygen atoms in total. The summed E-state index contributed by atoms with van der Waals surface area (Å²) in [6.07, 6.45) is 0. The molecule has 2 amide bonds. The van der Waals surface area contributed by atoms with Gasteiger partial charge in [-0.1, -0.05) is 120 Å². The Morgan fingerprint density at radius 3 is 1.10 bits per heavy atom. The Bertz CT molecular complexity index is 2340. The molecule has 0 saturated carbocycles. The molecule has 0 aromatic heterocycles. The van der Waals surface area contributed by atoms with Crippen LogP contribution < -0.4 is 29.6 Å². The molecule has 2 heterocycles. The van der Waals surface area contributed by atoms with Crippen molar-refractivity contribution in [3.8, 4) is 23.0 Å². The molecular weight excluding hydrogens is 853 g/mol. The highest BCUT2D eigenvalue weighted by molar-refractivity contribution is 5.88. The lowest BCUT2D eigenvalue weighted by atomic mass is 9.98. The molecule has 2 aliphatic rings. The number of carbonyl (C=O) groups is 2. The van der Waals surface area contributed by atoms with Crippen molar-refractivity contribution in [2.45, 2.75) is 38.0 Å². The maximum Gasteiger partial charge on any atom is 0.250 e. The van der Waals surface area contributed by atoms with Gasteiger partial charge < -0.3 is 49.2 Å². The van der Waals surface area contributed by atoms with E-state index in [4.69, 9.17) is 18.9 Å². The first-order valence-electron chi connectivity index (χ1n) is 23.2. The smallest absolute Gasteiger partial charge is 0.250 e. The SMILES string of the molecule is COc1cc(NC(C(=O)N2CCN(C)CC2c2ccccc2)c2ccc(C)cc2)cc(OC)c1.COc1cc(NC(C(=O)N2CCN(C)CC2c2ccccc2)c2ccc(C)cc2)cc(OC)c1. The minimum atomic E-state index is -0.549. The molecule has 12 heteroatoms. The second-order valence-electron chi connectivity index (χ2n) is 17.6. The molecule has 2 aliphatic heterocycles. The Labute approximate surface area is 402 Å². The van der Waals surface area contributed by atoms with Crippen LogP contribution in [-0.2, 0) is 9.59 Å². The summed E-state index contributed by atoms with van der Waals surface area (Å²) in [7, 11) is 10.7. The third-order valence-corrected chi connectivity index (χ3v) is 12.7. The van der Waals surface area contributed by atoms with Gasteiger partial charge >= 0.3 is 0 Å². The zero-order chi connectivity index (χ0) is 48.2. The molecule has 0 aliphatic carbocycles.